The molecule has 0 fully saturated rings. The van der Waals surface area contributed by atoms with Gasteiger partial charge in [0.25, 0.3) is 0 Å². The third kappa shape index (κ3) is 6.11. The van der Waals surface area contributed by atoms with E-state index in [1.807, 2.05) is 0 Å². The van der Waals surface area contributed by atoms with Crippen LogP contribution in [0.4, 0.5) is 0 Å². The molecule has 0 bridgehead atoms. The molecule has 0 aromatic heterocycles. The first-order valence-corrected chi connectivity index (χ1v) is 3.61. The molecule has 0 spiro atoms. The molecule has 0 aliphatic heterocycles. The van der Waals surface area contributed by atoms with Gasteiger partial charge in [-0.05, 0) is 0 Å². The van der Waals surface area contributed by atoms with E-state index < -0.39 is 7.60 Å². The van der Waals surface area contributed by atoms with Crippen LogP contribution in [0.25, 0.3) is 0 Å². The normalized spacial score (nSPS) is 18.7. The SMILES string of the molecule is COOP(C)(=O)O. The molecule has 0 saturated heterocycles. The highest BCUT2D eigenvalue weighted by atomic mass is 31.2. The largest absolute Gasteiger partial charge is 0.352 e. The van der Waals surface area contributed by atoms with Crippen molar-refractivity contribution in [1.82, 2.24) is 0 Å². The summed E-state index contributed by atoms with van der Waals surface area (Å²) in [5.74, 6) is 0. The molecule has 1 unspecified atom stereocenters. The van der Waals surface area contributed by atoms with Gasteiger partial charge in [0.05, 0.1) is 7.11 Å². The zero-order chi connectivity index (χ0) is 5.91. The summed E-state index contributed by atoms with van der Waals surface area (Å²) in [5, 5.41) is 0. The predicted octanol–water partition coefficient (Wildman–Crippen LogP) is 0.380. The molecule has 0 heterocycles. The van der Waals surface area contributed by atoms with Crippen LogP contribution in [0.3, 0.4) is 0 Å². The molecule has 0 aliphatic carbocycles. The third-order valence-corrected chi connectivity index (χ3v) is 0.639. The fourth-order valence-electron chi connectivity index (χ4n) is 0.138. The summed E-state index contributed by atoms with van der Waals surface area (Å²) in [6.45, 7) is 1.04. The van der Waals surface area contributed by atoms with Crippen LogP contribution in [0.2, 0.25) is 0 Å². The van der Waals surface area contributed by atoms with E-state index in [0.29, 0.717) is 0 Å². The second-order valence-electron chi connectivity index (χ2n) is 1.04. The molecule has 44 valence electrons. The van der Waals surface area contributed by atoms with Crippen LogP contribution in [0, 0.1) is 0 Å². The summed E-state index contributed by atoms with van der Waals surface area (Å²) in [6, 6.07) is 0. The first-order chi connectivity index (χ1) is 3.06. The Morgan fingerprint density at radius 1 is 1.71 bits per heavy atom. The fraction of sp³-hybridized carbons (Fsp3) is 1.00. The number of hydrogen-bond acceptors (Lipinski definition) is 3. The first-order valence-electron chi connectivity index (χ1n) is 1.59. The minimum Gasteiger partial charge on any atom is -0.323 e. The van der Waals surface area contributed by atoms with Crippen LogP contribution in [0.15, 0.2) is 0 Å². The lowest BCUT2D eigenvalue weighted by atomic mass is 11.8. The summed E-state index contributed by atoms with van der Waals surface area (Å²) < 4.78 is 13.9. The van der Waals surface area contributed by atoms with Gasteiger partial charge in [0.15, 0.2) is 0 Å². The van der Waals surface area contributed by atoms with E-state index in [1.165, 1.54) is 7.11 Å². The maximum atomic E-state index is 10.0. The minimum absolute atomic E-state index is 1.04. The van der Waals surface area contributed by atoms with Crippen molar-refractivity contribution in [3.05, 3.63) is 0 Å². The standard InChI is InChI=1S/C2H7O4P/c1-5-6-7(2,3)4/h1-2H3,(H,3,4). The van der Waals surface area contributed by atoms with E-state index in [1.54, 1.807) is 0 Å². The van der Waals surface area contributed by atoms with Crippen LogP contribution in [0.1, 0.15) is 0 Å². The van der Waals surface area contributed by atoms with E-state index >= 15 is 0 Å². The monoisotopic (exact) mass is 126 g/mol. The molecule has 0 amide bonds. The molecule has 0 saturated carbocycles. The lowest BCUT2D eigenvalue weighted by Gasteiger charge is -1.98. The minimum atomic E-state index is -3.39. The highest BCUT2D eigenvalue weighted by molar-refractivity contribution is 7.51. The van der Waals surface area contributed by atoms with Crippen LogP contribution < -0.4 is 0 Å². The average Bonchev–Trinajstić information content (AvgIpc) is 1.30. The Morgan fingerprint density at radius 3 is 2.14 bits per heavy atom. The Balaban J connectivity index is 3.36. The highest BCUT2D eigenvalue weighted by Crippen LogP contribution is 2.35. The van der Waals surface area contributed by atoms with Crippen molar-refractivity contribution >= 4 is 7.60 Å². The molecule has 0 aromatic rings. The maximum absolute atomic E-state index is 10.0. The molecule has 0 radical (unpaired) electrons. The molecule has 7 heavy (non-hydrogen) atoms. The first kappa shape index (κ1) is 7.11. The van der Waals surface area contributed by atoms with Gasteiger partial charge >= 0.3 is 7.60 Å². The molecule has 0 aliphatic rings. The topological polar surface area (TPSA) is 55.8 Å². The van der Waals surface area contributed by atoms with E-state index in [9.17, 15) is 4.57 Å². The summed E-state index contributed by atoms with van der Waals surface area (Å²) >= 11 is 0. The Bertz CT molecular complexity index is 83.7. The summed E-state index contributed by atoms with van der Waals surface area (Å²) in [5.41, 5.74) is 0. The van der Waals surface area contributed by atoms with Crippen molar-refractivity contribution in [2.45, 2.75) is 0 Å². The van der Waals surface area contributed by atoms with Crippen molar-refractivity contribution in [2.24, 2.45) is 0 Å². The zero-order valence-electron chi connectivity index (χ0n) is 4.12. The fourth-order valence-corrected chi connectivity index (χ4v) is 0.415. The zero-order valence-corrected chi connectivity index (χ0v) is 5.01. The van der Waals surface area contributed by atoms with Gasteiger partial charge in [0.2, 0.25) is 0 Å². The van der Waals surface area contributed by atoms with E-state index in [-0.39, 0.29) is 0 Å². The van der Waals surface area contributed by atoms with Crippen LogP contribution in [-0.4, -0.2) is 18.7 Å². The highest BCUT2D eigenvalue weighted by Gasteiger charge is 2.08. The second kappa shape index (κ2) is 2.43. The van der Waals surface area contributed by atoms with Gasteiger partial charge < -0.3 is 4.89 Å². The van der Waals surface area contributed by atoms with E-state index in [0.717, 1.165) is 6.66 Å². The Labute approximate surface area is 41.5 Å². The van der Waals surface area contributed by atoms with Gasteiger partial charge in [0.1, 0.15) is 0 Å². The Hall–Kier alpha value is 0.110. The van der Waals surface area contributed by atoms with Gasteiger partial charge in [0, 0.05) is 6.66 Å². The molecular weight excluding hydrogens is 119 g/mol. The van der Waals surface area contributed by atoms with Crippen molar-refractivity contribution < 1.29 is 19.0 Å². The molecular formula is C2H7O4P. The molecule has 4 nitrogen and oxygen atoms in total. The number of hydrogen-bond donors (Lipinski definition) is 1. The summed E-state index contributed by atoms with van der Waals surface area (Å²) in [7, 11) is -2.21. The molecule has 1 N–H and O–H groups in total. The smallest absolute Gasteiger partial charge is 0.323 e. The predicted molar refractivity (Wildman–Crippen MR) is 23.8 cm³/mol. The lowest BCUT2D eigenvalue weighted by Crippen LogP contribution is -1.83. The quantitative estimate of drug-likeness (QED) is 0.330. The Morgan fingerprint density at radius 2 is 2.14 bits per heavy atom. The van der Waals surface area contributed by atoms with Crippen molar-refractivity contribution in [1.29, 1.82) is 0 Å². The van der Waals surface area contributed by atoms with Crippen molar-refractivity contribution in [3.8, 4) is 0 Å². The van der Waals surface area contributed by atoms with Gasteiger partial charge in [-0.2, -0.15) is 4.67 Å². The molecule has 0 rings (SSSR count). The average molecular weight is 126 g/mol. The lowest BCUT2D eigenvalue weighted by molar-refractivity contribution is -0.184. The van der Waals surface area contributed by atoms with Gasteiger partial charge in [-0.3, -0.25) is 4.57 Å². The van der Waals surface area contributed by atoms with Gasteiger partial charge in [-0.25, -0.2) is 4.89 Å². The summed E-state index contributed by atoms with van der Waals surface area (Å²) in [4.78, 5) is 12.1. The third-order valence-electron chi connectivity index (χ3n) is 0.213. The summed E-state index contributed by atoms with van der Waals surface area (Å²) in [6.07, 6.45) is 0. The van der Waals surface area contributed by atoms with Gasteiger partial charge in [-0.15, -0.1) is 0 Å². The maximum Gasteiger partial charge on any atom is 0.352 e. The molecule has 1 atom stereocenters. The molecule has 0 aromatic carbocycles. The number of rotatable bonds is 2. The van der Waals surface area contributed by atoms with Crippen LogP contribution in [0.5, 0.6) is 0 Å². The molecule has 5 heteroatoms. The van der Waals surface area contributed by atoms with Crippen molar-refractivity contribution in [2.75, 3.05) is 13.8 Å². The van der Waals surface area contributed by atoms with E-state index in [2.05, 4.69) is 9.56 Å². The van der Waals surface area contributed by atoms with Crippen molar-refractivity contribution in [3.63, 3.8) is 0 Å². The van der Waals surface area contributed by atoms with E-state index in [4.69, 9.17) is 4.89 Å². The Kier molecular flexibility index (Phi) is 2.46. The second-order valence-corrected chi connectivity index (χ2v) is 2.80. The van der Waals surface area contributed by atoms with Crippen LogP contribution in [-0.2, 0) is 14.1 Å². The van der Waals surface area contributed by atoms with Crippen LogP contribution >= 0.6 is 7.60 Å². The van der Waals surface area contributed by atoms with Gasteiger partial charge in [-0.1, -0.05) is 0 Å².